The second-order valence-corrected chi connectivity index (χ2v) is 5.49. The van der Waals surface area contributed by atoms with E-state index in [2.05, 4.69) is 12.1 Å². The first-order chi connectivity index (χ1) is 10.2. The number of hydrogen-bond acceptors (Lipinski definition) is 3. The first-order valence-corrected chi connectivity index (χ1v) is 7.14. The highest BCUT2D eigenvalue weighted by Crippen LogP contribution is 2.38. The lowest BCUT2D eigenvalue weighted by Gasteiger charge is -2.30. The van der Waals surface area contributed by atoms with E-state index >= 15 is 0 Å². The van der Waals surface area contributed by atoms with Gasteiger partial charge in [0.2, 0.25) is 0 Å². The lowest BCUT2D eigenvalue weighted by molar-refractivity contribution is 0.111. The fourth-order valence-corrected chi connectivity index (χ4v) is 2.89. The fraction of sp³-hybridized carbons (Fsp3) is 0.235. The molecule has 0 bridgehead atoms. The van der Waals surface area contributed by atoms with Crippen molar-refractivity contribution in [3.05, 3.63) is 58.1 Å². The summed E-state index contributed by atoms with van der Waals surface area (Å²) in [6.07, 6.45) is 1.74. The van der Waals surface area contributed by atoms with Gasteiger partial charge in [-0.25, -0.2) is 0 Å². The van der Waals surface area contributed by atoms with Gasteiger partial charge in [-0.2, -0.15) is 0 Å². The maximum absolute atomic E-state index is 11.2. The number of halogens is 1. The van der Waals surface area contributed by atoms with Gasteiger partial charge in [0.1, 0.15) is 0 Å². The minimum absolute atomic E-state index is 0.362. The van der Waals surface area contributed by atoms with Crippen LogP contribution in [0.5, 0.6) is 11.5 Å². The van der Waals surface area contributed by atoms with Crippen molar-refractivity contribution < 1.29 is 14.3 Å². The Morgan fingerprint density at radius 1 is 1.33 bits per heavy atom. The molecule has 4 heteroatoms. The van der Waals surface area contributed by atoms with E-state index in [-0.39, 0.29) is 0 Å². The summed E-state index contributed by atoms with van der Waals surface area (Å²) in [5, 5.41) is 0.454. The average molecular weight is 303 g/mol. The van der Waals surface area contributed by atoms with Crippen LogP contribution >= 0.6 is 11.6 Å². The summed E-state index contributed by atoms with van der Waals surface area (Å²) in [6.45, 7) is 0.524. The molecule has 2 aromatic carbocycles. The number of methoxy groups -OCH3 is 1. The highest BCUT2D eigenvalue weighted by molar-refractivity contribution is 6.31. The van der Waals surface area contributed by atoms with Crippen molar-refractivity contribution in [3.8, 4) is 11.5 Å². The van der Waals surface area contributed by atoms with Gasteiger partial charge in [-0.1, -0.05) is 35.9 Å². The molecule has 2 aromatic rings. The Labute approximate surface area is 128 Å². The number of benzene rings is 2. The first-order valence-electron chi connectivity index (χ1n) is 6.76. The first kappa shape index (κ1) is 14.0. The molecule has 21 heavy (non-hydrogen) atoms. The molecule has 1 aliphatic carbocycles. The van der Waals surface area contributed by atoms with Crippen LogP contribution in [0.25, 0.3) is 0 Å². The Hall–Kier alpha value is -2.00. The van der Waals surface area contributed by atoms with Crippen LogP contribution in [0.2, 0.25) is 5.02 Å². The lowest BCUT2D eigenvalue weighted by atomic mass is 9.78. The number of fused-ring (bicyclic) bond motifs is 1. The predicted octanol–water partition coefficient (Wildman–Crippen LogP) is 3.88. The molecular formula is C17H15ClO3. The van der Waals surface area contributed by atoms with E-state index in [9.17, 15) is 4.79 Å². The van der Waals surface area contributed by atoms with Crippen LogP contribution in [0.3, 0.4) is 0 Å². The average Bonchev–Trinajstić information content (AvgIpc) is 2.48. The van der Waals surface area contributed by atoms with E-state index in [1.165, 1.54) is 18.2 Å². The topological polar surface area (TPSA) is 35.5 Å². The second kappa shape index (κ2) is 5.78. The van der Waals surface area contributed by atoms with E-state index in [0.29, 0.717) is 34.6 Å². The van der Waals surface area contributed by atoms with Crippen molar-refractivity contribution in [2.45, 2.75) is 12.3 Å². The maximum Gasteiger partial charge on any atom is 0.171 e. The van der Waals surface area contributed by atoms with E-state index in [1.807, 2.05) is 12.1 Å². The molecular weight excluding hydrogens is 288 g/mol. The Morgan fingerprint density at radius 3 is 2.86 bits per heavy atom. The van der Waals surface area contributed by atoms with Crippen LogP contribution in [0.1, 0.15) is 27.4 Å². The second-order valence-electron chi connectivity index (χ2n) is 5.06. The number of hydrogen-bond donors (Lipinski definition) is 0. The Morgan fingerprint density at radius 2 is 2.14 bits per heavy atom. The van der Waals surface area contributed by atoms with Gasteiger partial charge in [0.25, 0.3) is 0 Å². The van der Waals surface area contributed by atoms with Crippen molar-refractivity contribution in [1.29, 1.82) is 0 Å². The standard InChI is InChI=1S/C17H15ClO3/c1-20-16-8-14(18)7-12(9-19)17(16)21-10-13-6-11-4-2-3-5-15(11)13/h2-5,7-9,13H,6,10H2,1H3. The zero-order valence-electron chi connectivity index (χ0n) is 11.6. The third-order valence-corrected chi connectivity index (χ3v) is 4.00. The molecule has 0 saturated heterocycles. The highest BCUT2D eigenvalue weighted by atomic mass is 35.5. The maximum atomic E-state index is 11.2. The fourth-order valence-electron chi connectivity index (χ4n) is 2.68. The molecule has 3 nitrogen and oxygen atoms in total. The summed E-state index contributed by atoms with van der Waals surface area (Å²) >= 11 is 5.95. The summed E-state index contributed by atoms with van der Waals surface area (Å²) < 4.78 is 11.1. The van der Waals surface area contributed by atoms with Crippen LogP contribution in [-0.4, -0.2) is 20.0 Å². The summed E-state index contributed by atoms with van der Waals surface area (Å²) in [4.78, 5) is 11.2. The minimum Gasteiger partial charge on any atom is -0.493 e. The SMILES string of the molecule is COc1cc(Cl)cc(C=O)c1OCC1Cc2ccccc21. The molecule has 0 fully saturated rings. The highest BCUT2D eigenvalue weighted by Gasteiger charge is 2.26. The number of rotatable bonds is 5. The van der Waals surface area contributed by atoms with Gasteiger partial charge in [-0.3, -0.25) is 4.79 Å². The summed E-state index contributed by atoms with van der Waals surface area (Å²) in [7, 11) is 1.53. The molecule has 0 spiro atoms. The van der Waals surface area contributed by atoms with E-state index in [0.717, 1.165) is 12.7 Å². The molecule has 1 atom stereocenters. The van der Waals surface area contributed by atoms with Crippen LogP contribution < -0.4 is 9.47 Å². The molecule has 0 aromatic heterocycles. The largest absolute Gasteiger partial charge is 0.493 e. The number of carbonyl (C=O) groups excluding carboxylic acids is 1. The smallest absolute Gasteiger partial charge is 0.171 e. The lowest BCUT2D eigenvalue weighted by Crippen LogP contribution is -2.23. The third kappa shape index (κ3) is 2.61. The molecule has 0 aliphatic heterocycles. The van der Waals surface area contributed by atoms with Crippen LogP contribution in [-0.2, 0) is 6.42 Å². The zero-order valence-corrected chi connectivity index (χ0v) is 12.4. The predicted molar refractivity (Wildman–Crippen MR) is 81.8 cm³/mol. The van der Waals surface area contributed by atoms with Gasteiger partial charge in [0.05, 0.1) is 19.3 Å². The normalized spacial score (nSPS) is 15.8. The molecule has 108 valence electrons. The third-order valence-electron chi connectivity index (χ3n) is 3.79. The van der Waals surface area contributed by atoms with Gasteiger partial charge in [0, 0.05) is 17.0 Å². The van der Waals surface area contributed by atoms with Crippen LogP contribution in [0.15, 0.2) is 36.4 Å². The molecule has 0 N–H and O–H groups in total. The molecule has 3 rings (SSSR count). The van der Waals surface area contributed by atoms with Gasteiger partial charge in [0.15, 0.2) is 17.8 Å². The Bertz CT molecular complexity index is 682. The molecule has 0 heterocycles. The summed E-state index contributed by atoms with van der Waals surface area (Å²) in [6, 6.07) is 11.6. The van der Waals surface area contributed by atoms with Crippen molar-refractivity contribution in [3.63, 3.8) is 0 Å². The number of ether oxygens (including phenoxy) is 2. The van der Waals surface area contributed by atoms with Crippen molar-refractivity contribution in [2.75, 3.05) is 13.7 Å². The monoisotopic (exact) mass is 302 g/mol. The molecule has 0 radical (unpaired) electrons. The number of carbonyl (C=O) groups is 1. The quantitative estimate of drug-likeness (QED) is 0.786. The summed E-state index contributed by atoms with van der Waals surface area (Å²) in [5.74, 6) is 1.31. The molecule has 0 saturated carbocycles. The van der Waals surface area contributed by atoms with Gasteiger partial charge in [-0.15, -0.1) is 0 Å². The van der Waals surface area contributed by atoms with Crippen molar-refractivity contribution in [1.82, 2.24) is 0 Å². The Balaban J connectivity index is 1.79. The van der Waals surface area contributed by atoms with Gasteiger partial charge >= 0.3 is 0 Å². The number of aldehydes is 1. The van der Waals surface area contributed by atoms with Crippen LogP contribution in [0, 0.1) is 0 Å². The van der Waals surface area contributed by atoms with Crippen molar-refractivity contribution >= 4 is 17.9 Å². The zero-order chi connectivity index (χ0) is 14.8. The molecule has 1 aliphatic rings. The van der Waals surface area contributed by atoms with Gasteiger partial charge < -0.3 is 9.47 Å². The molecule has 1 unspecified atom stereocenters. The van der Waals surface area contributed by atoms with E-state index < -0.39 is 0 Å². The van der Waals surface area contributed by atoms with Gasteiger partial charge in [-0.05, 0) is 23.6 Å². The van der Waals surface area contributed by atoms with Crippen LogP contribution in [0.4, 0.5) is 0 Å². The Kier molecular flexibility index (Phi) is 3.84. The van der Waals surface area contributed by atoms with E-state index in [4.69, 9.17) is 21.1 Å². The van der Waals surface area contributed by atoms with Crippen molar-refractivity contribution in [2.24, 2.45) is 0 Å². The minimum atomic E-state index is 0.362. The molecule has 0 amide bonds. The van der Waals surface area contributed by atoms with E-state index in [1.54, 1.807) is 12.1 Å². The summed E-state index contributed by atoms with van der Waals surface area (Å²) in [5.41, 5.74) is 3.09.